The van der Waals surface area contributed by atoms with E-state index in [1.807, 2.05) is 0 Å². The third-order valence-electron chi connectivity index (χ3n) is 5.97. The second kappa shape index (κ2) is 6.70. The summed E-state index contributed by atoms with van der Waals surface area (Å²) < 4.78 is 0. The predicted molar refractivity (Wildman–Crippen MR) is 116 cm³/mol. The van der Waals surface area contributed by atoms with Crippen LogP contribution in [0.15, 0.2) is 96.1 Å². The van der Waals surface area contributed by atoms with Gasteiger partial charge in [0, 0.05) is 0 Å². The van der Waals surface area contributed by atoms with Crippen molar-refractivity contribution < 1.29 is 0 Å². The normalized spacial score (nSPS) is 15.8. The van der Waals surface area contributed by atoms with Crippen LogP contribution in [0.25, 0.3) is 5.57 Å². The zero-order chi connectivity index (χ0) is 19.0. The van der Waals surface area contributed by atoms with Gasteiger partial charge in [0.15, 0.2) is 0 Å². The van der Waals surface area contributed by atoms with Gasteiger partial charge in [-0.3, -0.25) is 0 Å². The molecule has 0 atom stereocenters. The second-order valence-corrected chi connectivity index (χ2v) is 7.50. The summed E-state index contributed by atoms with van der Waals surface area (Å²) >= 11 is 0. The fourth-order valence-electron chi connectivity index (χ4n) is 4.72. The lowest BCUT2D eigenvalue weighted by atomic mass is 9.65. The first-order valence-corrected chi connectivity index (χ1v) is 9.68. The molecule has 0 fully saturated rings. The van der Waals surface area contributed by atoms with E-state index >= 15 is 0 Å². The van der Waals surface area contributed by atoms with Crippen molar-refractivity contribution in [2.75, 3.05) is 0 Å². The minimum atomic E-state index is -0.273. The molecule has 1 aliphatic rings. The molecule has 0 bridgehead atoms. The standard InChI is InChI=1S/C27H26/c1-5-20(3)26-21(4)24-17-16-19(2)18-25(24)27(26,22-12-8-6-9-13-22)23-14-10-7-11-15-23/h5-18H,1-4H3. The maximum atomic E-state index is 2.38. The highest BCUT2D eigenvalue weighted by Gasteiger charge is 2.47. The number of aryl methyl sites for hydroxylation is 1. The molecule has 0 unspecified atom stereocenters. The Bertz CT molecular complexity index is 994. The Labute approximate surface area is 162 Å². The minimum absolute atomic E-state index is 0.273. The van der Waals surface area contributed by atoms with Gasteiger partial charge in [0.2, 0.25) is 0 Å². The molecule has 3 aromatic rings. The number of rotatable bonds is 3. The van der Waals surface area contributed by atoms with Crippen LogP contribution in [0.5, 0.6) is 0 Å². The van der Waals surface area contributed by atoms with E-state index in [0.29, 0.717) is 0 Å². The van der Waals surface area contributed by atoms with E-state index in [-0.39, 0.29) is 5.41 Å². The zero-order valence-electron chi connectivity index (χ0n) is 16.6. The van der Waals surface area contributed by atoms with Crippen molar-refractivity contribution in [2.24, 2.45) is 0 Å². The summed E-state index contributed by atoms with van der Waals surface area (Å²) in [6, 6.07) is 28.9. The summed E-state index contributed by atoms with van der Waals surface area (Å²) in [7, 11) is 0. The molecule has 0 N–H and O–H groups in total. The van der Waals surface area contributed by atoms with Crippen LogP contribution in [-0.2, 0) is 5.41 Å². The van der Waals surface area contributed by atoms with E-state index in [9.17, 15) is 0 Å². The van der Waals surface area contributed by atoms with E-state index < -0.39 is 0 Å². The molecule has 0 saturated heterocycles. The van der Waals surface area contributed by atoms with E-state index in [0.717, 1.165) is 0 Å². The summed E-state index contributed by atoms with van der Waals surface area (Å²) in [5, 5.41) is 0. The summed E-state index contributed by atoms with van der Waals surface area (Å²) in [6.45, 7) is 8.86. The Morgan fingerprint density at radius 1 is 0.778 bits per heavy atom. The van der Waals surface area contributed by atoms with Gasteiger partial charge in [-0.15, -0.1) is 0 Å². The number of allylic oxidation sites excluding steroid dienone is 4. The quantitative estimate of drug-likeness (QED) is 0.473. The Balaban J connectivity index is 2.21. The van der Waals surface area contributed by atoms with Gasteiger partial charge in [0.1, 0.15) is 0 Å². The fraction of sp³-hybridized carbons (Fsp3) is 0.185. The summed E-state index contributed by atoms with van der Waals surface area (Å²) in [5.74, 6) is 0. The van der Waals surface area contributed by atoms with Crippen LogP contribution in [0.3, 0.4) is 0 Å². The topological polar surface area (TPSA) is 0 Å². The molecule has 3 aromatic carbocycles. The first-order valence-electron chi connectivity index (χ1n) is 9.68. The van der Waals surface area contributed by atoms with Crippen LogP contribution in [0, 0.1) is 6.92 Å². The molecular formula is C27H26. The van der Waals surface area contributed by atoms with Crippen molar-refractivity contribution in [1.29, 1.82) is 0 Å². The Hall–Kier alpha value is -2.86. The molecule has 0 amide bonds. The molecule has 27 heavy (non-hydrogen) atoms. The molecule has 1 aliphatic carbocycles. The van der Waals surface area contributed by atoms with Crippen LogP contribution >= 0.6 is 0 Å². The van der Waals surface area contributed by atoms with Gasteiger partial charge >= 0.3 is 0 Å². The Morgan fingerprint density at radius 2 is 1.33 bits per heavy atom. The summed E-state index contributed by atoms with van der Waals surface area (Å²) in [4.78, 5) is 0. The van der Waals surface area contributed by atoms with Gasteiger partial charge in [0.05, 0.1) is 5.41 Å². The second-order valence-electron chi connectivity index (χ2n) is 7.50. The third kappa shape index (κ3) is 2.51. The molecule has 0 spiro atoms. The third-order valence-corrected chi connectivity index (χ3v) is 5.97. The lowest BCUT2D eigenvalue weighted by Crippen LogP contribution is -2.30. The fourth-order valence-corrected chi connectivity index (χ4v) is 4.72. The van der Waals surface area contributed by atoms with Gasteiger partial charge < -0.3 is 0 Å². The van der Waals surface area contributed by atoms with E-state index in [2.05, 4.69) is 113 Å². The summed E-state index contributed by atoms with van der Waals surface area (Å²) in [5.41, 5.74) is 10.6. The average molecular weight is 351 g/mol. The zero-order valence-corrected chi connectivity index (χ0v) is 16.6. The van der Waals surface area contributed by atoms with Crippen LogP contribution in [0.4, 0.5) is 0 Å². The molecule has 0 radical (unpaired) electrons. The van der Waals surface area contributed by atoms with Crippen molar-refractivity contribution in [1.82, 2.24) is 0 Å². The number of benzene rings is 3. The van der Waals surface area contributed by atoms with Crippen LogP contribution in [-0.4, -0.2) is 0 Å². The maximum Gasteiger partial charge on any atom is 0.0712 e. The van der Waals surface area contributed by atoms with Crippen LogP contribution in [0.2, 0.25) is 0 Å². The van der Waals surface area contributed by atoms with Crippen molar-refractivity contribution in [2.45, 2.75) is 33.1 Å². The van der Waals surface area contributed by atoms with Crippen molar-refractivity contribution in [3.05, 3.63) is 124 Å². The smallest absolute Gasteiger partial charge is 0.0712 e. The molecule has 0 saturated carbocycles. The first-order chi connectivity index (χ1) is 13.1. The molecule has 0 aromatic heterocycles. The highest BCUT2D eigenvalue weighted by atomic mass is 14.5. The van der Waals surface area contributed by atoms with E-state index in [1.165, 1.54) is 44.5 Å². The average Bonchev–Trinajstić information content (AvgIpc) is 2.97. The SMILES string of the molecule is CC=C(C)C1=C(C)c2ccc(C)cc2C1(c1ccccc1)c1ccccc1. The van der Waals surface area contributed by atoms with Crippen molar-refractivity contribution >= 4 is 5.57 Å². The van der Waals surface area contributed by atoms with E-state index in [4.69, 9.17) is 0 Å². The molecule has 4 rings (SSSR count). The highest BCUT2D eigenvalue weighted by Crippen LogP contribution is 2.56. The maximum absolute atomic E-state index is 2.38. The minimum Gasteiger partial charge on any atom is -0.0844 e. The van der Waals surface area contributed by atoms with Gasteiger partial charge in [-0.05, 0) is 61.1 Å². The van der Waals surface area contributed by atoms with Crippen molar-refractivity contribution in [3.63, 3.8) is 0 Å². The highest BCUT2D eigenvalue weighted by molar-refractivity contribution is 5.87. The van der Waals surface area contributed by atoms with Gasteiger partial charge in [-0.1, -0.05) is 96.1 Å². The van der Waals surface area contributed by atoms with Crippen LogP contribution in [0.1, 0.15) is 48.6 Å². The lowest BCUT2D eigenvalue weighted by molar-refractivity contribution is 0.748. The Morgan fingerprint density at radius 3 is 1.85 bits per heavy atom. The van der Waals surface area contributed by atoms with Crippen molar-refractivity contribution in [3.8, 4) is 0 Å². The largest absolute Gasteiger partial charge is 0.0844 e. The number of fused-ring (bicyclic) bond motifs is 1. The molecule has 0 heteroatoms. The van der Waals surface area contributed by atoms with Gasteiger partial charge in [-0.25, -0.2) is 0 Å². The molecular weight excluding hydrogens is 324 g/mol. The molecule has 0 aliphatic heterocycles. The Kier molecular flexibility index (Phi) is 4.36. The first kappa shape index (κ1) is 17.5. The number of hydrogen-bond acceptors (Lipinski definition) is 0. The molecule has 0 nitrogen and oxygen atoms in total. The van der Waals surface area contributed by atoms with Gasteiger partial charge in [-0.2, -0.15) is 0 Å². The monoisotopic (exact) mass is 350 g/mol. The molecule has 0 heterocycles. The summed E-state index contributed by atoms with van der Waals surface area (Å²) in [6.07, 6.45) is 2.25. The number of hydrogen-bond donors (Lipinski definition) is 0. The lowest BCUT2D eigenvalue weighted by Gasteiger charge is -2.36. The van der Waals surface area contributed by atoms with Gasteiger partial charge in [0.25, 0.3) is 0 Å². The van der Waals surface area contributed by atoms with Crippen LogP contribution < -0.4 is 0 Å². The predicted octanol–water partition coefficient (Wildman–Crippen LogP) is 7.08. The molecule has 134 valence electrons. The van der Waals surface area contributed by atoms with E-state index in [1.54, 1.807) is 0 Å².